The summed E-state index contributed by atoms with van der Waals surface area (Å²) < 4.78 is 0. The molecule has 0 aromatic heterocycles. The first-order valence-corrected chi connectivity index (χ1v) is 13.4. The van der Waals surface area contributed by atoms with Crippen LogP contribution in [0.2, 0.25) is 0 Å². The van der Waals surface area contributed by atoms with Crippen molar-refractivity contribution in [2.75, 3.05) is 0 Å². The van der Waals surface area contributed by atoms with E-state index in [-0.39, 0.29) is 49.1 Å². The molecule has 8 nitrogen and oxygen atoms in total. The molecule has 0 bridgehead atoms. The second-order valence-corrected chi connectivity index (χ2v) is 10.3. The van der Waals surface area contributed by atoms with E-state index < -0.39 is 9.85 Å². The van der Waals surface area contributed by atoms with Gasteiger partial charge in [0, 0.05) is 12.1 Å². The second-order valence-electron chi connectivity index (χ2n) is 10.3. The molecule has 214 valence electrons. The van der Waals surface area contributed by atoms with E-state index in [2.05, 4.69) is 63.1 Å². The molecular weight excluding hydrogens is 600 g/mol. The van der Waals surface area contributed by atoms with Crippen molar-refractivity contribution in [1.29, 1.82) is 0 Å². The van der Waals surface area contributed by atoms with Gasteiger partial charge < -0.3 is 10.2 Å². The topological polar surface area (TPSA) is 127 Å². The Hall–Kier alpha value is -3.58. The Morgan fingerprint density at radius 3 is 1.37 bits per heavy atom. The smallest absolute Gasteiger partial charge is 0.502 e. The molecule has 6 rings (SSSR count). The van der Waals surface area contributed by atoms with Crippen molar-refractivity contribution in [3.05, 3.63) is 129 Å². The summed E-state index contributed by atoms with van der Waals surface area (Å²) in [5.74, 6) is 2.76. The van der Waals surface area contributed by atoms with Crippen molar-refractivity contribution in [1.82, 2.24) is 0 Å². The molecular formula is C32H36N2O6Zr. The standard InChI is InChI=1S/2C10H13.2C6H5NO3.Zr/c2*1-8-6-9-4-2-3-5-10(9)7-8;2*8-6-4-2-1-3-5(6)7(9)10;/h2*2-4,6,8,10H,5,7H2,1H3;2*1-4,8H;/q2*-1;;;+2. The van der Waals surface area contributed by atoms with Crippen molar-refractivity contribution in [3.63, 3.8) is 0 Å². The minimum absolute atomic E-state index is 0. The predicted molar refractivity (Wildman–Crippen MR) is 156 cm³/mol. The van der Waals surface area contributed by atoms with E-state index in [0.29, 0.717) is 0 Å². The zero-order valence-electron chi connectivity index (χ0n) is 23.3. The molecule has 2 saturated carbocycles. The monoisotopic (exact) mass is 634 g/mol. The third-order valence-electron chi connectivity index (χ3n) is 7.06. The fourth-order valence-electron chi connectivity index (χ4n) is 5.16. The molecule has 0 aliphatic heterocycles. The van der Waals surface area contributed by atoms with Crippen LogP contribution in [0.3, 0.4) is 0 Å². The van der Waals surface area contributed by atoms with Gasteiger partial charge in [0.25, 0.3) is 0 Å². The number of nitrogens with zero attached hydrogens (tertiary/aromatic N) is 2. The van der Waals surface area contributed by atoms with Crippen LogP contribution in [0, 0.1) is 56.7 Å². The van der Waals surface area contributed by atoms with Gasteiger partial charge in [-0.1, -0.05) is 62.8 Å². The van der Waals surface area contributed by atoms with E-state index in [0.717, 1.165) is 23.7 Å². The van der Waals surface area contributed by atoms with Crippen molar-refractivity contribution in [2.24, 2.45) is 23.7 Å². The molecule has 4 atom stereocenters. The molecule has 0 radical (unpaired) electrons. The molecule has 41 heavy (non-hydrogen) atoms. The number of rotatable bonds is 2. The SMILES string of the molecule is CC1[CH-]C2=CC=CCC2C1.CC1[CH-]C2=CC=CCC2C1.O=[N+]([O-])c1ccccc1O.O=[N+]([O-])c1ccccc1O.[Zr+2]. The number of allylic oxidation sites excluding steroid dienone is 8. The Balaban J connectivity index is 0.000000190. The van der Waals surface area contributed by atoms with Crippen molar-refractivity contribution in [2.45, 2.75) is 39.5 Å². The number of phenolic OH excluding ortho intramolecular Hbond substituents is 2. The van der Waals surface area contributed by atoms with E-state index >= 15 is 0 Å². The number of fused-ring (bicyclic) bond motifs is 2. The summed E-state index contributed by atoms with van der Waals surface area (Å²) in [5, 5.41) is 37.8. The van der Waals surface area contributed by atoms with E-state index in [9.17, 15) is 20.2 Å². The van der Waals surface area contributed by atoms with Gasteiger partial charge in [0.2, 0.25) is 0 Å². The maximum Gasteiger partial charge on any atom is 2.00 e. The molecule has 2 aromatic rings. The van der Waals surface area contributed by atoms with Gasteiger partial charge >= 0.3 is 37.6 Å². The second kappa shape index (κ2) is 16.6. The summed E-state index contributed by atoms with van der Waals surface area (Å²) >= 11 is 0. The Labute approximate surface area is 260 Å². The summed E-state index contributed by atoms with van der Waals surface area (Å²) in [4.78, 5) is 18.9. The summed E-state index contributed by atoms with van der Waals surface area (Å²) in [5.41, 5.74) is 2.63. The van der Waals surface area contributed by atoms with E-state index in [1.807, 2.05) is 0 Å². The number of hydrogen-bond donors (Lipinski definition) is 2. The Morgan fingerprint density at radius 2 is 1.07 bits per heavy atom. The molecule has 0 spiro atoms. The molecule has 0 saturated heterocycles. The maximum absolute atomic E-state index is 10.1. The fourth-order valence-corrected chi connectivity index (χ4v) is 5.16. The average molecular weight is 636 g/mol. The summed E-state index contributed by atoms with van der Waals surface area (Å²) in [7, 11) is 0. The molecule has 4 aliphatic rings. The zero-order chi connectivity index (χ0) is 29.1. The van der Waals surface area contributed by atoms with Crippen LogP contribution < -0.4 is 0 Å². The number of phenols is 2. The Kier molecular flexibility index (Phi) is 13.6. The molecule has 2 fully saturated rings. The molecule has 2 N–H and O–H groups in total. The summed E-state index contributed by atoms with van der Waals surface area (Å²) in [6.45, 7) is 4.61. The van der Waals surface area contributed by atoms with Crippen molar-refractivity contribution in [3.8, 4) is 11.5 Å². The van der Waals surface area contributed by atoms with Crippen LogP contribution in [0.4, 0.5) is 11.4 Å². The summed E-state index contributed by atoms with van der Waals surface area (Å²) in [6.07, 6.45) is 23.5. The Morgan fingerprint density at radius 1 is 0.707 bits per heavy atom. The van der Waals surface area contributed by atoms with Crippen LogP contribution in [-0.2, 0) is 26.2 Å². The number of nitro groups is 2. The summed E-state index contributed by atoms with van der Waals surface area (Å²) in [6, 6.07) is 11.1. The first-order chi connectivity index (χ1) is 19.2. The van der Waals surface area contributed by atoms with Gasteiger partial charge in [-0.15, -0.1) is 24.3 Å². The maximum atomic E-state index is 10.1. The normalized spacial score (nSPS) is 22.4. The van der Waals surface area contributed by atoms with Gasteiger partial charge in [-0.3, -0.25) is 20.2 Å². The van der Waals surface area contributed by atoms with E-state index in [4.69, 9.17) is 10.2 Å². The first-order valence-electron chi connectivity index (χ1n) is 13.4. The van der Waals surface area contributed by atoms with E-state index in [1.54, 1.807) is 11.1 Å². The van der Waals surface area contributed by atoms with Gasteiger partial charge in [0.1, 0.15) is 0 Å². The zero-order valence-corrected chi connectivity index (χ0v) is 25.8. The fraction of sp³-hybridized carbons (Fsp3) is 0.312. The molecule has 4 aliphatic carbocycles. The third kappa shape index (κ3) is 10.4. The van der Waals surface area contributed by atoms with Gasteiger partial charge in [-0.25, -0.2) is 36.1 Å². The van der Waals surface area contributed by atoms with Gasteiger partial charge in [0.15, 0.2) is 11.5 Å². The van der Waals surface area contributed by atoms with Crippen LogP contribution in [-0.4, -0.2) is 20.1 Å². The largest absolute Gasteiger partial charge is 2.00 e. The third-order valence-corrected chi connectivity index (χ3v) is 7.06. The molecule has 0 amide bonds. The number of benzene rings is 2. The van der Waals surface area contributed by atoms with Gasteiger partial charge in [0.05, 0.1) is 9.85 Å². The van der Waals surface area contributed by atoms with Crippen molar-refractivity contribution >= 4 is 11.4 Å². The molecule has 2 aromatic carbocycles. The average Bonchev–Trinajstić information content (AvgIpc) is 3.50. The van der Waals surface area contributed by atoms with Crippen LogP contribution in [0.15, 0.2) is 96.1 Å². The minimum atomic E-state index is -0.630. The Bertz CT molecular complexity index is 1200. The van der Waals surface area contributed by atoms with Crippen LogP contribution >= 0.6 is 0 Å². The number of aromatic hydroxyl groups is 2. The van der Waals surface area contributed by atoms with E-state index in [1.165, 1.54) is 74.2 Å². The number of para-hydroxylation sites is 4. The molecule has 4 unspecified atom stereocenters. The van der Waals surface area contributed by atoms with Crippen LogP contribution in [0.25, 0.3) is 0 Å². The van der Waals surface area contributed by atoms with Gasteiger partial charge in [-0.05, 0) is 36.8 Å². The minimum Gasteiger partial charge on any atom is -0.502 e. The number of nitro benzene ring substituents is 2. The van der Waals surface area contributed by atoms with Crippen molar-refractivity contribution < 1.29 is 46.3 Å². The molecule has 9 heteroatoms. The molecule has 0 heterocycles. The van der Waals surface area contributed by atoms with Gasteiger partial charge in [-0.2, -0.15) is 0 Å². The quantitative estimate of drug-likeness (QED) is 0.195. The predicted octanol–water partition coefficient (Wildman–Crippen LogP) is 8.06. The van der Waals surface area contributed by atoms with Crippen LogP contribution in [0.1, 0.15) is 39.5 Å². The van der Waals surface area contributed by atoms with Crippen LogP contribution in [0.5, 0.6) is 11.5 Å². The first kappa shape index (κ1) is 33.6. The number of hydrogen-bond acceptors (Lipinski definition) is 6.